The SMILES string of the molecule is CCC(SCC(=O)Nc1cc(Cl)c(Cl)cc1Cl)C(=O)O. The van der Waals surface area contributed by atoms with E-state index in [2.05, 4.69) is 5.32 Å². The molecule has 0 spiro atoms. The maximum absolute atomic E-state index is 11.7. The lowest BCUT2D eigenvalue weighted by molar-refractivity contribution is -0.136. The van der Waals surface area contributed by atoms with E-state index in [1.165, 1.54) is 12.1 Å². The zero-order chi connectivity index (χ0) is 15.3. The molecule has 0 saturated carbocycles. The van der Waals surface area contributed by atoms with Gasteiger partial charge < -0.3 is 10.4 Å². The largest absolute Gasteiger partial charge is 0.480 e. The Morgan fingerprint density at radius 3 is 2.40 bits per heavy atom. The van der Waals surface area contributed by atoms with Crippen molar-refractivity contribution in [1.82, 2.24) is 0 Å². The number of rotatable bonds is 6. The second-order valence-electron chi connectivity index (χ2n) is 3.84. The number of carbonyl (C=O) groups is 2. The Labute approximate surface area is 135 Å². The summed E-state index contributed by atoms with van der Waals surface area (Å²) in [5, 5.41) is 11.7. The molecule has 1 amide bonds. The fourth-order valence-corrected chi connectivity index (χ4v) is 2.74. The normalized spacial score (nSPS) is 12.0. The number of amides is 1. The van der Waals surface area contributed by atoms with Gasteiger partial charge >= 0.3 is 5.97 Å². The van der Waals surface area contributed by atoms with Crippen LogP contribution in [0.3, 0.4) is 0 Å². The fraction of sp³-hybridized carbons (Fsp3) is 0.333. The predicted octanol–water partition coefficient (Wildman–Crippen LogP) is 4.18. The van der Waals surface area contributed by atoms with E-state index in [-0.39, 0.29) is 21.7 Å². The molecule has 0 heterocycles. The highest BCUT2D eigenvalue weighted by Crippen LogP contribution is 2.32. The fourth-order valence-electron chi connectivity index (χ4n) is 1.34. The first kappa shape index (κ1) is 17.4. The third-order valence-electron chi connectivity index (χ3n) is 2.35. The van der Waals surface area contributed by atoms with E-state index in [1.54, 1.807) is 6.92 Å². The topological polar surface area (TPSA) is 66.4 Å². The number of carboxylic acids is 1. The van der Waals surface area contributed by atoms with Crippen molar-refractivity contribution in [3.63, 3.8) is 0 Å². The van der Waals surface area contributed by atoms with Crippen LogP contribution in [-0.2, 0) is 9.59 Å². The van der Waals surface area contributed by atoms with E-state index < -0.39 is 11.2 Å². The van der Waals surface area contributed by atoms with Gasteiger partial charge in [0.15, 0.2) is 0 Å². The van der Waals surface area contributed by atoms with Crippen molar-refractivity contribution in [1.29, 1.82) is 0 Å². The predicted molar refractivity (Wildman–Crippen MR) is 84.3 cm³/mol. The van der Waals surface area contributed by atoms with Crippen LogP contribution in [0.4, 0.5) is 5.69 Å². The van der Waals surface area contributed by atoms with Gasteiger partial charge in [-0.2, -0.15) is 0 Å². The number of halogens is 3. The average Bonchev–Trinajstić information content (AvgIpc) is 2.36. The molecule has 0 saturated heterocycles. The summed E-state index contributed by atoms with van der Waals surface area (Å²) in [6.45, 7) is 1.75. The van der Waals surface area contributed by atoms with Gasteiger partial charge in [0.2, 0.25) is 5.91 Å². The summed E-state index contributed by atoms with van der Waals surface area (Å²) in [5.41, 5.74) is 0.343. The molecule has 1 unspecified atom stereocenters. The third kappa shape index (κ3) is 5.05. The van der Waals surface area contributed by atoms with Crippen molar-refractivity contribution in [2.75, 3.05) is 11.1 Å². The molecule has 0 aliphatic rings. The van der Waals surface area contributed by atoms with Crippen molar-refractivity contribution < 1.29 is 14.7 Å². The standard InChI is InChI=1S/C12H12Cl3NO3S/c1-2-10(12(18)19)20-5-11(17)16-9-4-7(14)6(13)3-8(9)15/h3-4,10H,2,5H2,1H3,(H,16,17)(H,18,19). The Balaban J connectivity index is 2.63. The molecule has 20 heavy (non-hydrogen) atoms. The van der Waals surface area contributed by atoms with Gasteiger partial charge in [0.05, 0.1) is 26.5 Å². The number of hydrogen-bond donors (Lipinski definition) is 2. The molecule has 1 aromatic carbocycles. The molecule has 110 valence electrons. The maximum Gasteiger partial charge on any atom is 0.316 e. The van der Waals surface area contributed by atoms with E-state index in [1.807, 2.05) is 0 Å². The second kappa shape index (κ2) is 7.98. The molecule has 1 aromatic rings. The molecule has 0 aliphatic carbocycles. The Morgan fingerprint density at radius 1 is 1.25 bits per heavy atom. The number of anilines is 1. The van der Waals surface area contributed by atoms with Crippen LogP contribution in [0.15, 0.2) is 12.1 Å². The molecule has 0 bridgehead atoms. The molecule has 8 heteroatoms. The monoisotopic (exact) mass is 355 g/mol. The van der Waals surface area contributed by atoms with Crippen molar-refractivity contribution >= 4 is 64.1 Å². The summed E-state index contributed by atoms with van der Waals surface area (Å²) in [6, 6.07) is 2.88. The highest BCUT2D eigenvalue weighted by molar-refractivity contribution is 8.01. The van der Waals surface area contributed by atoms with Gasteiger partial charge in [-0.1, -0.05) is 41.7 Å². The average molecular weight is 357 g/mol. The number of thioether (sulfide) groups is 1. The van der Waals surface area contributed by atoms with Gasteiger partial charge in [-0.3, -0.25) is 9.59 Å². The smallest absolute Gasteiger partial charge is 0.316 e. The van der Waals surface area contributed by atoms with Gasteiger partial charge in [-0.05, 0) is 18.6 Å². The first-order chi connectivity index (χ1) is 9.35. The van der Waals surface area contributed by atoms with E-state index in [9.17, 15) is 9.59 Å². The Kier molecular flexibility index (Phi) is 6.95. The lowest BCUT2D eigenvalue weighted by Crippen LogP contribution is -2.21. The molecular weight excluding hydrogens is 345 g/mol. The quantitative estimate of drug-likeness (QED) is 0.750. The highest BCUT2D eigenvalue weighted by atomic mass is 35.5. The van der Waals surface area contributed by atoms with Crippen LogP contribution in [-0.4, -0.2) is 28.0 Å². The Bertz CT molecular complexity index is 525. The summed E-state index contributed by atoms with van der Waals surface area (Å²) in [7, 11) is 0. The zero-order valence-corrected chi connectivity index (χ0v) is 13.5. The summed E-state index contributed by atoms with van der Waals surface area (Å²) < 4.78 is 0. The van der Waals surface area contributed by atoms with E-state index >= 15 is 0 Å². The minimum atomic E-state index is -0.933. The number of carbonyl (C=O) groups excluding carboxylic acids is 1. The minimum absolute atomic E-state index is 0.0153. The number of benzene rings is 1. The Morgan fingerprint density at radius 2 is 1.85 bits per heavy atom. The van der Waals surface area contributed by atoms with E-state index in [0.717, 1.165) is 11.8 Å². The van der Waals surface area contributed by atoms with Crippen LogP contribution in [0.2, 0.25) is 15.1 Å². The molecule has 1 rings (SSSR count). The minimum Gasteiger partial charge on any atom is -0.480 e. The van der Waals surface area contributed by atoms with E-state index in [0.29, 0.717) is 17.1 Å². The van der Waals surface area contributed by atoms with Crippen LogP contribution in [0.25, 0.3) is 0 Å². The lowest BCUT2D eigenvalue weighted by atomic mass is 10.3. The van der Waals surface area contributed by atoms with Gasteiger partial charge in [0.25, 0.3) is 0 Å². The first-order valence-corrected chi connectivity index (χ1v) is 7.82. The van der Waals surface area contributed by atoms with Crippen LogP contribution in [0, 0.1) is 0 Å². The van der Waals surface area contributed by atoms with Crippen molar-refractivity contribution in [3.8, 4) is 0 Å². The maximum atomic E-state index is 11.7. The number of carboxylic acid groups (broad SMARTS) is 1. The number of hydrogen-bond acceptors (Lipinski definition) is 3. The van der Waals surface area contributed by atoms with Crippen molar-refractivity contribution in [3.05, 3.63) is 27.2 Å². The first-order valence-electron chi connectivity index (χ1n) is 5.64. The molecular formula is C12H12Cl3NO3S. The molecule has 1 atom stereocenters. The summed E-state index contributed by atoms with van der Waals surface area (Å²) in [6.07, 6.45) is 0.445. The van der Waals surface area contributed by atoms with Gasteiger partial charge in [0.1, 0.15) is 5.25 Å². The molecule has 0 radical (unpaired) electrons. The molecule has 0 aromatic heterocycles. The zero-order valence-electron chi connectivity index (χ0n) is 10.5. The number of aliphatic carboxylic acids is 1. The van der Waals surface area contributed by atoms with Crippen LogP contribution in [0.1, 0.15) is 13.3 Å². The van der Waals surface area contributed by atoms with Crippen molar-refractivity contribution in [2.24, 2.45) is 0 Å². The number of nitrogens with one attached hydrogen (secondary N) is 1. The Hall–Kier alpha value is -0.620. The van der Waals surface area contributed by atoms with E-state index in [4.69, 9.17) is 39.9 Å². The second-order valence-corrected chi connectivity index (χ2v) is 6.25. The van der Waals surface area contributed by atoms with Gasteiger partial charge in [-0.15, -0.1) is 11.8 Å². The summed E-state index contributed by atoms with van der Waals surface area (Å²) in [4.78, 5) is 22.6. The summed E-state index contributed by atoms with van der Waals surface area (Å²) >= 11 is 18.6. The van der Waals surface area contributed by atoms with Crippen LogP contribution < -0.4 is 5.32 Å². The van der Waals surface area contributed by atoms with Gasteiger partial charge in [0, 0.05) is 0 Å². The highest BCUT2D eigenvalue weighted by Gasteiger charge is 2.17. The third-order valence-corrected chi connectivity index (χ3v) is 4.75. The van der Waals surface area contributed by atoms with Crippen LogP contribution in [0.5, 0.6) is 0 Å². The lowest BCUT2D eigenvalue weighted by Gasteiger charge is -2.11. The molecule has 2 N–H and O–H groups in total. The molecule has 0 aliphatic heterocycles. The molecule has 0 fully saturated rings. The van der Waals surface area contributed by atoms with Crippen LogP contribution >= 0.6 is 46.6 Å². The summed E-state index contributed by atoms with van der Waals surface area (Å²) in [5.74, 6) is -1.27. The molecule has 4 nitrogen and oxygen atoms in total. The van der Waals surface area contributed by atoms with Gasteiger partial charge in [-0.25, -0.2) is 0 Å². The van der Waals surface area contributed by atoms with Crippen molar-refractivity contribution in [2.45, 2.75) is 18.6 Å².